The van der Waals surface area contributed by atoms with Gasteiger partial charge in [0.05, 0.1) is 5.56 Å². The Morgan fingerprint density at radius 1 is 0.944 bits per heavy atom. The molecular weight excluding hydrogens is 227 g/mol. The minimum absolute atomic E-state index is 0.137. The largest absolute Gasteiger partial charge is 0.288 e. The maximum Gasteiger partial charge on any atom is 0.195 e. The second-order valence-electron chi connectivity index (χ2n) is 4.56. The molecule has 1 nitrogen and oxygen atoms in total. The van der Waals surface area contributed by atoms with E-state index in [4.69, 9.17) is 0 Å². The summed E-state index contributed by atoms with van der Waals surface area (Å²) in [6.45, 7) is 5.59. The van der Waals surface area contributed by atoms with Crippen LogP contribution in [-0.2, 0) is 0 Å². The van der Waals surface area contributed by atoms with Crippen LogP contribution in [0.3, 0.4) is 0 Å². The molecule has 0 saturated carbocycles. The quantitative estimate of drug-likeness (QED) is 0.728. The molecule has 0 heterocycles. The SMILES string of the molecule is Cc1ccc(C(=O)c2cccc(C)c2F)cc1C. The highest BCUT2D eigenvalue weighted by molar-refractivity contribution is 6.09. The molecule has 18 heavy (non-hydrogen) atoms. The molecule has 0 unspecified atom stereocenters. The summed E-state index contributed by atoms with van der Waals surface area (Å²) >= 11 is 0. The number of benzene rings is 2. The topological polar surface area (TPSA) is 17.1 Å². The molecule has 0 aliphatic rings. The van der Waals surface area contributed by atoms with E-state index in [2.05, 4.69) is 0 Å². The zero-order chi connectivity index (χ0) is 13.3. The van der Waals surface area contributed by atoms with Crippen LogP contribution in [0.15, 0.2) is 36.4 Å². The van der Waals surface area contributed by atoms with Gasteiger partial charge in [0.1, 0.15) is 5.82 Å². The fraction of sp³-hybridized carbons (Fsp3) is 0.188. The Morgan fingerprint density at radius 2 is 1.67 bits per heavy atom. The first kappa shape index (κ1) is 12.5. The Balaban J connectivity index is 2.48. The van der Waals surface area contributed by atoms with Gasteiger partial charge in [-0.15, -0.1) is 0 Å². The minimum atomic E-state index is -0.430. The zero-order valence-electron chi connectivity index (χ0n) is 10.8. The first-order valence-electron chi connectivity index (χ1n) is 5.88. The predicted octanol–water partition coefficient (Wildman–Crippen LogP) is 3.98. The van der Waals surface area contributed by atoms with Gasteiger partial charge in [-0.1, -0.05) is 24.3 Å². The molecule has 0 atom stereocenters. The van der Waals surface area contributed by atoms with Crippen LogP contribution >= 0.6 is 0 Å². The van der Waals surface area contributed by atoms with Gasteiger partial charge in [0, 0.05) is 5.56 Å². The Bertz CT molecular complexity index is 614. The molecule has 0 radical (unpaired) electrons. The van der Waals surface area contributed by atoms with Crippen LogP contribution in [0.4, 0.5) is 4.39 Å². The number of halogens is 1. The summed E-state index contributed by atoms with van der Waals surface area (Å²) in [4.78, 5) is 12.2. The summed E-state index contributed by atoms with van der Waals surface area (Å²) in [5.74, 6) is -0.694. The highest BCUT2D eigenvalue weighted by Crippen LogP contribution is 2.18. The van der Waals surface area contributed by atoms with Crippen molar-refractivity contribution >= 4 is 5.78 Å². The number of rotatable bonds is 2. The van der Waals surface area contributed by atoms with Crippen LogP contribution in [0.25, 0.3) is 0 Å². The lowest BCUT2D eigenvalue weighted by molar-refractivity contribution is 0.103. The van der Waals surface area contributed by atoms with Gasteiger partial charge in [-0.05, 0) is 49.6 Å². The van der Waals surface area contributed by atoms with Crippen molar-refractivity contribution in [2.75, 3.05) is 0 Å². The van der Waals surface area contributed by atoms with Gasteiger partial charge in [-0.2, -0.15) is 0 Å². The molecule has 0 aromatic heterocycles. The molecule has 0 N–H and O–H groups in total. The smallest absolute Gasteiger partial charge is 0.195 e. The van der Waals surface area contributed by atoms with E-state index in [9.17, 15) is 9.18 Å². The van der Waals surface area contributed by atoms with Crippen molar-refractivity contribution in [3.8, 4) is 0 Å². The molecule has 0 saturated heterocycles. The fourth-order valence-corrected chi connectivity index (χ4v) is 1.86. The summed E-state index contributed by atoms with van der Waals surface area (Å²) in [6.07, 6.45) is 0. The zero-order valence-corrected chi connectivity index (χ0v) is 10.8. The molecule has 2 heteroatoms. The standard InChI is InChI=1S/C16H15FO/c1-10-7-8-13(9-12(10)3)16(18)14-6-4-5-11(2)15(14)17/h4-9H,1-3H3. The van der Waals surface area contributed by atoms with E-state index < -0.39 is 5.82 Å². The van der Waals surface area contributed by atoms with Crippen molar-refractivity contribution in [2.45, 2.75) is 20.8 Å². The lowest BCUT2D eigenvalue weighted by atomic mass is 9.98. The normalized spacial score (nSPS) is 10.4. The number of carbonyl (C=O) groups excluding carboxylic acids is 1. The van der Waals surface area contributed by atoms with Crippen LogP contribution in [0.5, 0.6) is 0 Å². The molecule has 0 amide bonds. The summed E-state index contributed by atoms with van der Waals surface area (Å²) < 4.78 is 13.9. The second kappa shape index (κ2) is 4.73. The molecule has 2 aromatic carbocycles. The first-order chi connectivity index (χ1) is 8.50. The highest BCUT2D eigenvalue weighted by atomic mass is 19.1. The van der Waals surface area contributed by atoms with Gasteiger partial charge < -0.3 is 0 Å². The summed E-state index contributed by atoms with van der Waals surface area (Å²) in [6, 6.07) is 10.3. The monoisotopic (exact) mass is 242 g/mol. The molecule has 0 aliphatic carbocycles. The van der Waals surface area contributed by atoms with Crippen molar-refractivity contribution in [3.63, 3.8) is 0 Å². The number of hydrogen-bond donors (Lipinski definition) is 0. The van der Waals surface area contributed by atoms with Crippen molar-refractivity contribution in [1.82, 2.24) is 0 Å². The highest BCUT2D eigenvalue weighted by Gasteiger charge is 2.15. The van der Waals surface area contributed by atoms with Crippen LogP contribution in [0.2, 0.25) is 0 Å². The van der Waals surface area contributed by atoms with Gasteiger partial charge in [0.15, 0.2) is 5.78 Å². The third-order valence-electron chi connectivity index (χ3n) is 3.21. The Kier molecular flexibility index (Phi) is 3.28. The molecule has 0 spiro atoms. The van der Waals surface area contributed by atoms with E-state index in [0.29, 0.717) is 11.1 Å². The number of hydrogen-bond acceptors (Lipinski definition) is 1. The molecule has 2 aromatic rings. The average Bonchev–Trinajstić information content (AvgIpc) is 2.35. The molecule has 0 fully saturated rings. The third kappa shape index (κ3) is 2.19. The molecule has 0 aliphatic heterocycles. The number of aryl methyl sites for hydroxylation is 3. The van der Waals surface area contributed by atoms with E-state index in [1.807, 2.05) is 19.9 Å². The van der Waals surface area contributed by atoms with Crippen molar-refractivity contribution in [2.24, 2.45) is 0 Å². The van der Waals surface area contributed by atoms with Crippen molar-refractivity contribution in [3.05, 3.63) is 70.0 Å². The van der Waals surface area contributed by atoms with E-state index >= 15 is 0 Å². The Morgan fingerprint density at radius 3 is 2.33 bits per heavy atom. The summed E-state index contributed by atoms with van der Waals surface area (Å²) in [7, 11) is 0. The predicted molar refractivity (Wildman–Crippen MR) is 70.5 cm³/mol. The maximum absolute atomic E-state index is 13.9. The first-order valence-corrected chi connectivity index (χ1v) is 5.88. The molecule has 2 rings (SSSR count). The van der Waals surface area contributed by atoms with Crippen LogP contribution in [0.1, 0.15) is 32.6 Å². The van der Waals surface area contributed by atoms with Crippen molar-refractivity contribution in [1.29, 1.82) is 0 Å². The van der Waals surface area contributed by atoms with E-state index in [1.54, 1.807) is 31.2 Å². The second-order valence-corrected chi connectivity index (χ2v) is 4.56. The van der Waals surface area contributed by atoms with Crippen LogP contribution < -0.4 is 0 Å². The summed E-state index contributed by atoms with van der Waals surface area (Å²) in [5.41, 5.74) is 3.32. The van der Waals surface area contributed by atoms with Gasteiger partial charge >= 0.3 is 0 Å². The van der Waals surface area contributed by atoms with Crippen molar-refractivity contribution < 1.29 is 9.18 Å². The van der Waals surface area contributed by atoms with Gasteiger partial charge in [-0.3, -0.25) is 4.79 Å². The number of carbonyl (C=O) groups is 1. The van der Waals surface area contributed by atoms with E-state index in [-0.39, 0.29) is 11.3 Å². The Labute approximate surface area is 106 Å². The van der Waals surface area contributed by atoms with E-state index in [0.717, 1.165) is 11.1 Å². The number of ketones is 1. The lowest BCUT2D eigenvalue weighted by Crippen LogP contribution is -2.06. The van der Waals surface area contributed by atoms with E-state index in [1.165, 1.54) is 6.07 Å². The van der Waals surface area contributed by atoms with Gasteiger partial charge in [-0.25, -0.2) is 4.39 Å². The molecule has 0 bridgehead atoms. The Hall–Kier alpha value is -1.96. The van der Waals surface area contributed by atoms with Crippen LogP contribution in [0, 0.1) is 26.6 Å². The van der Waals surface area contributed by atoms with Gasteiger partial charge in [0.25, 0.3) is 0 Å². The van der Waals surface area contributed by atoms with Crippen LogP contribution in [-0.4, -0.2) is 5.78 Å². The third-order valence-corrected chi connectivity index (χ3v) is 3.21. The minimum Gasteiger partial charge on any atom is -0.288 e. The molecule has 92 valence electrons. The average molecular weight is 242 g/mol. The fourth-order valence-electron chi connectivity index (χ4n) is 1.86. The molecular formula is C16H15FO. The lowest BCUT2D eigenvalue weighted by Gasteiger charge is -2.07. The maximum atomic E-state index is 13.9. The van der Waals surface area contributed by atoms with Gasteiger partial charge in [0.2, 0.25) is 0 Å². The summed E-state index contributed by atoms with van der Waals surface area (Å²) in [5, 5.41) is 0.